The quantitative estimate of drug-likeness (QED) is 0.818. The highest BCUT2D eigenvalue weighted by atomic mass is 19.4. The average molecular weight is 258 g/mol. The first-order valence-electron chi connectivity index (χ1n) is 6.13. The van der Waals surface area contributed by atoms with Gasteiger partial charge in [0.25, 0.3) is 0 Å². The Kier molecular flexibility index (Phi) is 3.80. The number of nitrogens with two attached hydrogens (primary N) is 1. The third-order valence-corrected chi connectivity index (χ3v) is 3.45. The Bertz CT molecular complexity index is 409. The third-order valence-electron chi connectivity index (χ3n) is 3.45. The fraction of sp³-hybridized carbons (Fsp3) is 0.538. The molecule has 2 rings (SSSR count). The van der Waals surface area contributed by atoms with E-state index in [1.807, 2.05) is 0 Å². The highest BCUT2D eigenvalue weighted by Gasteiger charge is 2.30. The first-order valence-corrected chi connectivity index (χ1v) is 6.13. The summed E-state index contributed by atoms with van der Waals surface area (Å²) in [4.78, 5) is 0. The van der Waals surface area contributed by atoms with Gasteiger partial charge in [-0.25, -0.2) is 0 Å². The van der Waals surface area contributed by atoms with Crippen LogP contribution in [0.5, 0.6) is 0 Å². The van der Waals surface area contributed by atoms with Gasteiger partial charge in [-0.15, -0.1) is 0 Å². The number of alkyl halides is 3. The van der Waals surface area contributed by atoms with Crippen LogP contribution in [0.25, 0.3) is 0 Å². The van der Waals surface area contributed by atoms with Crippen molar-refractivity contribution in [2.45, 2.75) is 25.4 Å². The lowest BCUT2D eigenvalue weighted by molar-refractivity contribution is -0.137. The van der Waals surface area contributed by atoms with E-state index in [1.54, 1.807) is 0 Å². The molecule has 1 saturated heterocycles. The Labute approximate surface area is 104 Å². The molecule has 100 valence electrons. The van der Waals surface area contributed by atoms with Gasteiger partial charge in [-0.1, -0.05) is 0 Å². The van der Waals surface area contributed by atoms with Crippen molar-refractivity contribution in [3.8, 4) is 0 Å². The predicted molar refractivity (Wildman–Crippen MR) is 65.2 cm³/mol. The molecule has 18 heavy (non-hydrogen) atoms. The average Bonchev–Trinajstić information content (AvgIpc) is 2.79. The first-order chi connectivity index (χ1) is 8.47. The molecule has 1 aliphatic heterocycles. The van der Waals surface area contributed by atoms with E-state index in [9.17, 15) is 13.2 Å². The fourth-order valence-corrected chi connectivity index (χ4v) is 2.32. The minimum Gasteiger partial charge on any atom is -0.399 e. The van der Waals surface area contributed by atoms with Crippen LogP contribution in [0.15, 0.2) is 18.2 Å². The lowest BCUT2D eigenvalue weighted by Crippen LogP contribution is -2.10. The van der Waals surface area contributed by atoms with Gasteiger partial charge in [0.05, 0.1) is 5.56 Å². The summed E-state index contributed by atoms with van der Waals surface area (Å²) in [7, 11) is 0. The molecule has 1 aliphatic rings. The van der Waals surface area contributed by atoms with Crippen LogP contribution < -0.4 is 11.1 Å². The molecule has 0 bridgehead atoms. The molecule has 0 spiro atoms. The summed E-state index contributed by atoms with van der Waals surface area (Å²) >= 11 is 0. The van der Waals surface area contributed by atoms with Gasteiger partial charge in [-0.3, -0.25) is 0 Å². The zero-order chi connectivity index (χ0) is 13.2. The second-order valence-corrected chi connectivity index (χ2v) is 4.81. The largest absolute Gasteiger partial charge is 0.416 e. The van der Waals surface area contributed by atoms with Gasteiger partial charge < -0.3 is 11.1 Å². The molecule has 1 aromatic carbocycles. The zero-order valence-electron chi connectivity index (χ0n) is 10.1. The van der Waals surface area contributed by atoms with E-state index in [0.717, 1.165) is 32.0 Å². The lowest BCUT2D eigenvalue weighted by atomic mass is 9.97. The SMILES string of the molecule is Nc1ccc(C(F)(F)F)cc1CCC1CCNC1. The van der Waals surface area contributed by atoms with Crippen LogP contribution in [0, 0.1) is 5.92 Å². The number of hydrogen-bond acceptors (Lipinski definition) is 2. The molecule has 5 heteroatoms. The van der Waals surface area contributed by atoms with Gasteiger partial charge in [0, 0.05) is 5.69 Å². The molecule has 2 nitrogen and oxygen atoms in total. The van der Waals surface area contributed by atoms with Crippen molar-refractivity contribution >= 4 is 5.69 Å². The monoisotopic (exact) mass is 258 g/mol. The van der Waals surface area contributed by atoms with Crippen LogP contribution in [0.2, 0.25) is 0 Å². The number of nitrogen functional groups attached to an aromatic ring is 1. The summed E-state index contributed by atoms with van der Waals surface area (Å²) in [5.41, 5.74) is 6.18. The van der Waals surface area contributed by atoms with Gasteiger partial charge in [0.15, 0.2) is 0 Å². The van der Waals surface area contributed by atoms with Crippen molar-refractivity contribution in [2.24, 2.45) is 5.92 Å². The Balaban J connectivity index is 2.06. The molecule has 0 aromatic heterocycles. The van der Waals surface area contributed by atoms with Crippen LogP contribution in [0.3, 0.4) is 0 Å². The van der Waals surface area contributed by atoms with E-state index in [1.165, 1.54) is 12.1 Å². The molecule has 1 fully saturated rings. The summed E-state index contributed by atoms with van der Waals surface area (Å²) in [5, 5.41) is 3.25. The summed E-state index contributed by atoms with van der Waals surface area (Å²) in [6, 6.07) is 3.57. The number of halogens is 3. The minimum atomic E-state index is -4.29. The fourth-order valence-electron chi connectivity index (χ4n) is 2.32. The summed E-state index contributed by atoms with van der Waals surface area (Å²) in [5.74, 6) is 0.555. The molecular weight excluding hydrogens is 241 g/mol. The van der Waals surface area contributed by atoms with Crippen molar-refractivity contribution in [3.05, 3.63) is 29.3 Å². The molecular formula is C13H17F3N2. The van der Waals surface area contributed by atoms with Crippen LogP contribution in [0.1, 0.15) is 24.0 Å². The van der Waals surface area contributed by atoms with E-state index in [0.29, 0.717) is 23.6 Å². The maximum absolute atomic E-state index is 12.6. The molecule has 0 saturated carbocycles. The van der Waals surface area contributed by atoms with Crippen LogP contribution >= 0.6 is 0 Å². The Morgan fingerprint density at radius 2 is 2.11 bits per heavy atom. The highest BCUT2D eigenvalue weighted by molar-refractivity contribution is 5.49. The second-order valence-electron chi connectivity index (χ2n) is 4.81. The Morgan fingerprint density at radius 3 is 2.72 bits per heavy atom. The van der Waals surface area contributed by atoms with E-state index in [4.69, 9.17) is 5.73 Å². The molecule has 3 N–H and O–H groups in total. The van der Waals surface area contributed by atoms with E-state index < -0.39 is 11.7 Å². The standard InChI is InChI=1S/C13H17F3N2/c14-13(15,16)11-3-4-12(17)10(7-11)2-1-9-5-6-18-8-9/h3-4,7,9,18H,1-2,5-6,8,17H2. The van der Waals surface area contributed by atoms with Crippen LogP contribution in [-0.4, -0.2) is 13.1 Å². The highest BCUT2D eigenvalue weighted by Crippen LogP contribution is 2.32. The number of rotatable bonds is 3. The van der Waals surface area contributed by atoms with Crippen molar-refractivity contribution in [2.75, 3.05) is 18.8 Å². The number of hydrogen-bond donors (Lipinski definition) is 2. The van der Waals surface area contributed by atoms with Crippen molar-refractivity contribution in [1.29, 1.82) is 0 Å². The molecule has 1 atom stereocenters. The Morgan fingerprint density at radius 1 is 1.33 bits per heavy atom. The molecule has 1 heterocycles. The maximum atomic E-state index is 12.6. The van der Waals surface area contributed by atoms with Crippen molar-refractivity contribution < 1.29 is 13.2 Å². The smallest absolute Gasteiger partial charge is 0.399 e. The topological polar surface area (TPSA) is 38.0 Å². The van der Waals surface area contributed by atoms with E-state index in [2.05, 4.69) is 5.32 Å². The van der Waals surface area contributed by atoms with Crippen LogP contribution in [-0.2, 0) is 12.6 Å². The molecule has 1 unspecified atom stereocenters. The van der Waals surface area contributed by atoms with Gasteiger partial charge in [0.1, 0.15) is 0 Å². The lowest BCUT2D eigenvalue weighted by Gasteiger charge is -2.13. The molecule has 0 amide bonds. The molecule has 0 radical (unpaired) electrons. The summed E-state index contributed by atoms with van der Waals surface area (Å²) in [6.45, 7) is 1.96. The van der Waals surface area contributed by atoms with E-state index >= 15 is 0 Å². The number of benzene rings is 1. The van der Waals surface area contributed by atoms with Gasteiger partial charge in [-0.2, -0.15) is 13.2 Å². The second kappa shape index (κ2) is 5.18. The molecule has 1 aromatic rings. The molecule has 0 aliphatic carbocycles. The van der Waals surface area contributed by atoms with E-state index in [-0.39, 0.29) is 0 Å². The predicted octanol–water partition coefficient (Wildman–Crippen LogP) is 2.83. The first kappa shape index (κ1) is 13.2. The van der Waals surface area contributed by atoms with Gasteiger partial charge >= 0.3 is 6.18 Å². The summed E-state index contributed by atoms with van der Waals surface area (Å²) in [6.07, 6.45) is -1.70. The van der Waals surface area contributed by atoms with Crippen molar-refractivity contribution in [1.82, 2.24) is 5.32 Å². The number of aryl methyl sites for hydroxylation is 1. The normalized spacial score (nSPS) is 20.3. The van der Waals surface area contributed by atoms with Gasteiger partial charge in [0.2, 0.25) is 0 Å². The third kappa shape index (κ3) is 3.16. The number of nitrogens with one attached hydrogen (secondary N) is 1. The summed E-state index contributed by atoms with van der Waals surface area (Å²) < 4.78 is 37.8. The Hall–Kier alpha value is -1.23. The minimum absolute atomic E-state index is 0.453. The van der Waals surface area contributed by atoms with Crippen molar-refractivity contribution in [3.63, 3.8) is 0 Å². The maximum Gasteiger partial charge on any atom is 0.416 e. The zero-order valence-corrected chi connectivity index (χ0v) is 10.1. The number of anilines is 1. The van der Waals surface area contributed by atoms with Gasteiger partial charge in [-0.05, 0) is 62.0 Å². The van der Waals surface area contributed by atoms with Crippen LogP contribution in [0.4, 0.5) is 18.9 Å².